The second-order valence-electron chi connectivity index (χ2n) is 5.58. The number of sulfonamides is 1. The largest absolute Gasteiger partial charge is 0.346 e. The molecule has 23 heavy (non-hydrogen) atoms. The Morgan fingerprint density at radius 3 is 2.26 bits per heavy atom. The quantitative estimate of drug-likeness (QED) is 0.808. The van der Waals surface area contributed by atoms with Crippen molar-refractivity contribution in [2.24, 2.45) is 5.92 Å². The predicted octanol–water partition coefficient (Wildman–Crippen LogP) is 2.87. The Labute approximate surface area is 147 Å². The van der Waals surface area contributed by atoms with E-state index in [4.69, 9.17) is 23.2 Å². The van der Waals surface area contributed by atoms with Crippen LogP contribution in [0.3, 0.4) is 0 Å². The van der Waals surface area contributed by atoms with Crippen LogP contribution in [0.1, 0.15) is 19.8 Å². The molecule has 5 nitrogen and oxygen atoms in total. The van der Waals surface area contributed by atoms with E-state index in [2.05, 4.69) is 0 Å². The van der Waals surface area contributed by atoms with Gasteiger partial charge in [-0.3, -0.25) is 4.79 Å². The molecule has 0 unspecified atom stereocenters. The summed E-state index contributed by atoms with van der Waals surface area (Å²) < 4.78 is 26.9. The zero-order chi connectivity index (χ0) is 17.2. The minimum Gasteiger partial charge on any atom is -0.346 e. The lowest BCUT2D eigenvalue weighted by Crippen LogP contribution is -2.43. The highest BCUT2D eigenvalue weighted by Crippen LogP contribution is 2.33. The highest BCUT2D eigenvalue weighted by atomic mass is 35.5. The second kappa shape index (κ2) is 7.38. The van der Waals surface area contributed by atoms with Gasteiger partial charge in [0.05, 0.1) is 10.0 Å². The molecule has 0 saturated carbocycles. The van der Waals surface area contributed by atoms with Crippen molar-refractivity contribution in [2.45, 2.75) is 24.7 Å². The zero-order valence-electron chi connectivity index (χ0n) is 13.1. The molecule has 1 fully saturated rings. The van der Waals surface area contributed by atoms with Crippen LogP contribution in [0.2, 0.25) is 10.0 Å². The molecular formula is C15H20Cl2N2O3S. The molecule has 0 N–H and O–H groups in total. The zero-order valence-corrected chi connectivity index (χ0v) is 15.5. The van der Waals surface area contributed by atoms with Crippen LogP contribution in [0.4, 0.5) is 0 Å². The molecule has 1 saturated heterocycles. The third-order valence-corrected chi connectivity index (χ3v) is 7.03. The summed E-state index contributed by atoms with van der Waals surface area (Å²) in [5.41, 5.74) is 0. The van der Waals surface area contributed by atoms with Gasteiger partial charge >= 0.3 is 0 Å². The van der Waals surface area contributed by atoms with Gasteiger partial charge in [0, 0.05) is 32.6 Å². The fourth-order valence-corrected chi connectivity index (χ4v) is 5.23. The van der Waals surface area contributed by atoms with Gasteiger partial charge in [-0.05, 0) is 31.9 Å². The summed E-state index contributed by atoms with van der Waals surface area (Å²) >= 11 is 12.0. The number of carbonyl (C=O) groups excluding carboxylic acids is 1. The summed E-state index contributed by atoms with van der Waals surface area (Å²) in [6.45, 7) is 3.14. The molecule has 0 radical (unpaired) electrons. The standard InChI is InChI=1S/C15H20Cl2N2O3S/c1-3-18(2)15(20)11-7-9-19(10-8-11)23(21,22)14-12(16)5-4-6-13(14)17/h4-6,11H,3,7-10H2,1-2H3. The van der Waals surface area contributed by atoms with E-state index in [-0.39, 0.29) is 39.9 Å². The SMILES string of the molecule is CCN(C)C(=O)C1CCN(S(=O)(=O)c2c(Cl)cccc2Cl)CC1. The van der Waals surface area contributed by atoms with Crippen LogP contribution in [0.25, 0.3) is 0 Å². The molecule has 1 aromatic rings. The number of piperidine rings is 1. The third-order valence-electron chi connectivity index (χ3n) is 4.17. The summed E-state index contributed by atoms with van der Waals surface area (Å²) in [6.07, 6.45) is 1.01. The molecule has 0 atom stereocenters. The van der Waals surface area contributed by atoms with E-state index in [1.54, 1.807) is 18.0 Å². The first kappa shape index (κ1) is 18.5. The third kappa shape index (κ3) is 3.82. The fourth-order valence-electron chi connectivity index (χ4n) is 2.67. The van der Waals surface area contributed by atoms with Crippen molar-refractivity contribution in [2.75, 3.05) is 26.7 Å². The van der Waals surface area contributed by atoms with Crippen molar-refractivity contribution in [3.63, 3.8) is 0 Å². The van der Waals surface area contributed by atoms with E-state index in [0.717, 1.165) is 0 Å². The number of carbonyl (C=O) groups is 1. The van der Waals surface area contributed by atoms with Crippen molar-refractivity contribution in [3.8, 4) is 0 Å². The minimum absolute atomic E-state index is 0.0567. The van der Waals surface area contributed by atoms with Gasteiger partial charge in [0.1, 0.15) is 4.90 Å². The van der Waals surface area contributed by atoms with Gasteiger partial charge < -0.3 is 4.90 Å². The van der Waals surface area contributed by atoms with Crippen molar-refractivity contribution >= 4 is 39.1 Å². The smallest absolute Gasteiger partial charge is 0.246 e. The summed E-state index contributed by atoms with van der Waals surface area (Å²) in [6, 6.07) is 4.62. The van der Waals surface area contributed by atoms with Gasteiger partial charge in [0.2, 0.25) is 15.9 Å². The lowest BCUT2D eigenvalue weighted by molar-refractivity contribution is -0.135. The Hall–Kier alpha value is -0.820. The molecule has 1 amide bonds. The minimum atomic E-state index is -3.75. The van der Waals surface area contributed by atoms with E-state index >= 15 is 0 Å². The van der Waals surface area contributed by atoms with Gasteiger partial charge in [-0.1, -0.05) is 29.3 Å². The normalized spacial score (nSPS) is 17.2. The summed E-state index contributed by atoms with van der Waals surface area (Å²) in [4.78, 5) is 13.8. The van der Waals surface area contributed by atoms with Crippen LogP contribution < -0.4 is 0 Å². The lowest BCUT2D eigenvalue weighted by Gasteiger charge is -2.32. The van der Waals surface area contributed by atoms with Gasteiger partial charge in [-0.15, -0.1) is 0 Å². The van der Waals surface area contributed by atoms with Crippen molar-refractivity contribution in [1.29, 1.82) is 0 Å². The Kier molecular flexibility index (Phi) is 5.94. The molecule has 128 valence electrons. The number of hydrogen-bond acceptors (Lipinski definition) is 3. The molecule has 1 aliphatic heterocycles. The van der Waals surface area contributed by atoms with Crippen LogP contribution in [-0.4, -0.2) is 50.2 Å². The Balaban J connectivity index is 2.15. The summed E-state index contributed by atoms with van der Waals surface area (Å²) in [5.74, 6) is -0.0616. The van der Waals surface area contributed by atoms with Gasteiger partial charge in [0.15, 0.2) is 0 Å². The molecule has 2 rings (SSSR count). The Morgan fingerprint density at radius 1 is 1.26 bits per heavy atom. The first-order valence-corrected chi connectivity index (χ1v) is 9.67. The van der Waals surface area contributed by atoms with Crippen molar-refractivity contribution in [3.05, 3.63) is 28.2 Å². The van der Waals surface area contributed by atoms with Crippen LogP contribution in [0.15, 0.2) is 23.1 Å². The lowest BCUT2D eigenvalue weighted by atomic mass is 9.97. The summed E-state index contributed by atoms with van der Waals surface area (Å²) in [7, 11) is -1.99. The maximum absolute atomic E-state index is 12.8. The first-order chi connectivity index (χ1) is 10.8. The van der Waals surface area contributed by atoms with E-state index in [0.29, 0.717) is 19.4 Å². The average Bonchev–Trinajstić information content (AvgIpc) is 2.53. The molecule has 0 bridgehead atoms. The average molecular weight is 379 g/mol. The molecule has 0 aliphatic carbocycles. The van der Waals surface area contributed by atoms with Crippen molar-refractivity contribution in [1.82, 2.24) is 9.21 Å². The first-order valence-electron chi connectivity index (χ1n) is 7.48. The molecule has 8 heteroatoms. The summed E-state index contributed by atoms with van der Waals surface area (Å²) in [5, 5.41) is 0.225. The van der Waals surface area contributed by atoms with E-state index < -0.39 is 10.0 Å². The molecule has 1 aliphatic rings. The Morgan fingerprint density at radius 2 is 1.78 bits per heavy atom. The second-order valence-corrected chi connectivity index (χ2v) is 8.27. The highest BCUT2D eigenvalue weighted by molar-refractivity contribution is 7.89. The number of halogens is 2. The van der Waals surface area contributed by atoms with Crippen LogP contribution in [-0.2, 0) is 14.8 Å². The highest BCUT2D eigenvalue weighted by Gasteiger charge is 2.34. The van der Waals surface area contributed by atoms with Crippen LogP contribution in [0.5, 0.6) is 0 Å². The predicted molar refractivity (Wildman–Crippen MR) is 91.3 cm³/mol. The maximum atomic E-state index is 12.8. The van der Waals surface area contributed by atoms with Gasteiger partial charge in [-0.25, -0.2) is 8.42 Å². The molecule has 1 heterocycles. The molecular weight excluding hydrogens is 359 g/mol. The Bertz CT molecular complexity index is 666. The van der Waals surface area contributed by atoms with Crippen LogP contribution in [0, 0.1) is 5.92 Å². The topological polar surface area (TPSA) is 57.7 Å². The van der Waals surface area contributed by atoms with E-state index in [1.807, 2.05) is 6.92 Å². The van der Waals surface area contributed by atoms with Gasteiger partial charge in [0.25, 0.3) is 0 Å². The number of hydrogen-bond donors (Lipinski definition) is 0. The number of rotatable bonds is 4. The molecule has 0 aromatic heterocycles. The fraction of sp³-hybridized carbons (Fsp3) is 0.533. The number of amides is 1. The van der Waals surface area contributed by atoms with Crippen LogP contribution >= 0.6 is 23.2 Å². The number of nitrogens with zero attached hydrogens (tertiary/aromatic N) is 2. The van der Waals surface area contributed by atoms with Crippen molar-refractivity contribution < 1.29 is 13.2 Å². The monoisotopic (exact) mass is 378 g/mol. The molecule has 1 aromatic carbocycles. The maximum Gasteiger partial charge on any atom is 0.246 e. The van der Waals surface area contributed by atoms with E-state index in [9.17, 15) is 13.2 Å². The van der Waals surface area contributed by atoms with Gasteiger partial charge in [-0.2, -0.15) is 4.31 Å². The number of benzene rings is 1. The molecule has 0 spiro atoms. The van der Waals surface area contributed by atoms with E-state index in [1.165, 1.54) is 16.4 Å².